The highest BCUT2D eigenvalue weighted by molar-refractivity contribution is 4.69. The van der Waals surface area contributed by atoms with Crippen LogP contribution in [0.1, 0.15) is 38.5 Å². The molecular formula is C10H22N2O. The van der Waals surface area contributed by atoms with Gasteiger partial charge in [0.25, 0.3) is 0 Å². The van der Waals surface area contributed by atoms with Crippen molar-refractivity contribution in [1.82, 2.24) is 10.9 Å². The van der Waals surface area contributed by atoms with E-state index in [1.54, 1.807) is 0 Å². The molecule has 0 saturated heterocycles. The van der Waals surface area contributed by atoms with Gasteiger partial charge in [0.2, 0.25) is 0 Å². The molecular weight excluding hydrogens is 164 g/mol. The van der Waals surface area contributed by atoms with Crippen LogP contribution in [0.4, 0.5) is 0 Å². The van der Waals surface area contributed by atoms with Crippen molar-refractivity contribution in [1.29, 1.82) is 0 Å². The Balaban J connectivity index is 1.68. The Bertz CT molecular complexity index is 115. The van der Waals surface area contributed by atoms with Crippen molar-refractivity contribution < 1.29 is 5.11 Å². The van der Waals surface area contributed by atoms with E-state index in [1.807, 2.05) is 0 Å². The van der Waals surface area contributed by atoms with Crippen LogP contribution in [0.25, 0.3) is 0 Å². The molecule has 0 heterocycles. The zero-order valence-electron chi connectivity index (χ0n) is 8.39. The van der Waals surface area contributed by atoms with E-state index in [4.69, 9.17) is 5.11 Å². The molecule has 1 saturated carbocycles. The summed E-state index contributed by atoms with van der Waals surface area (Å²) in [5.41, 5.74) is 6.25. The minimum Gasteiger partial charge on any atom is -0.396 e. The number of rotatable bonds is 8. The van der Waals surface area contributed by atoms with Crippen LogP contribution in [-0.4, -0.2) is 24.8 Å². The highest BCUT2D eigenvalue weighted by Gasteiger charge is 2.15. The number of hydrogen-bond donors (Lipinski definition) is 3. The molecule has 0 unspecified atom stereocenters. The number of nitrogens with one attached hydrogen (secondary N) is 2. The third kappa shape index (κ3) is 5.24. The van der Waals surface area contributed by atoms with Gasteiger partial charge in [0.15, 0.2) is 0 Å². The lowest BCUT2D eigenvalue weighted by molar-refractivity contribution is 0.277. The van der Waals surface area contributed by atoms with Crippen molar-refractivity contribution in [3.8, 4) is 0 Å². The van der Waals surface area contributed by atoms with Crippen LogP contribution < -0.4 is 10.9 Å². The summed E-state index contributed by atoms with van der Waals surface area (Å²) in [7, 11) is 0. The molecule has 0 amide bonds. The molecule has 1 rings (SSSR count). The van der Waals surface area contributed by atoms with Crippen molar-refractivity contribution in [3.63, 3.8) is 0 Å². The first kappa shape index (κ1) is 11.0. The van der Waals surface area contributed by atoms with E-state index in [2.05, 4.69) is 10.9 Å². The third-order valence-electron chi connectivity index (χ3n) is 2.72. The molecule has 3 N–H and O–H groups in total. The molecule has 0 bridgehead atoms. The molecule has 3 heteroatoms. The molecule has 0 aromatic carbocycles. The van der Waals surface area contributed by atoms with E-state index >= 15 is 0 Å². The Hall–Kier alpha value is -0.120. The zero-order valence-corrected chi connectivity index (χ0v) is 8.39. The second-order valence-electron chi connectivity index (χ2n) is 3.87. The molecule has 0 aromatic rings. The predicted octanol–water partition coefficient (Wildman–Crippen LogP) is 1.04. The van der Waals surface area contributed by atoms with Crippen LogP contribution in [0.15, 0.2) is 0 Å². The van der Waals surface area contributed by atoms with Crippen molar-refractivity contribution in [3.05, 3.63) is 0 Å². The van der Waals surface area contributed by atoms with Crippen LogP contribution in [-0.2, 0) is 0 Å². The van der Waals surface area contributed by atoms with Gasteiger partial charge in [0, 0.05) is 19.7 Å². The highest BCUT2D eigenvalue weighted by atomic mass is 16.3. The average Bonchev–Trinajstić information content (AvgIpc) is 2.07. The molecule has 1 aliphatic carbocycles. The standard InChI is InChI=1S/C10H22N2O/c13-9-3-8-12-11-7-2-6-10-4-1-5-10/h10-13H,1-9H2. The third-order valence-corrected chi connectivity index (χ3v) is 2.72. The van der Waals surface area contributed by atoms with Gasteiger partial charge in [-0.25, -0.2) is 0 Å². The molecule has 1 fully saturated rings. The summed E-state index contributed by atoms with van der Waals surface area (Å²) in [6.07, 6.45) is 7.85. The summed E-state index contributed by atoms with van der Waals surface area (Å²) in [4.78, 5) is 0. The van der Waals surface area contributed by atoms with Crippen LogP contribution in [0.3, 0.4) is 0 Å². The van der Waals surface area contributed by atoms with E-state index in [0.29, 0.717) is 0 Å². The fourth-order valence-corrected chi connectivity index (χ4v) is 1.60. The second-order valence-corrected chi connectivity index (χ2v) is 3.87. The lowest BCUT2D eigenvalue weighted by atomic mass is 9.82. The molecule has 0 spiro atoms. The van der Waals surface area contributed by atoms with Gasteiger partial charge in [0.1, 0.15) is 0 Å². The van der Waals surface area contributed by atoms with E-state index in [9.17, 15) is 0 Å². The van der Waals surface area contributed by atoms with Gasteiger partial charge in [-0.1, -0.05) is 19.3 Å². The van der Waals surface area contributed by atoms with Crippen molar-refractivity contribution in [2.24, 2.45) is 5.92 Å². The predicted molar refractivity (Wildman–Crippen MR) is 54.3 cm³/mol. The summed E-state index contributed by atoms with van der Waals surface area (Å²) in [6, 6.07) is 0. The summed E-state index contributed by atoms with van der Waals surface area (Å²) in [6.45, 7) is 2.19. The smallest absolute Gasteiger partial charge is 0.0443 e. The first-order chi connectivity index (χ1) is 6.43. The second kappa shape index (κ2) is 7.30. The Morgan fingerprint density at radius 2 is 1.77 bits per heavy atom. The van der Waals surface area contributed by atoms with Crippen molar-refractivity contribution in [2.75, 3.05) is 19.7 Å². The number of aliphatic hydroxyl groups is 1. The van der Waals surface area contributed by atoms with Crippen LogP contribution in [0.5, 0.6) is 0 Å². The summed E-state index contributed by atoms with van der Waals surface area (Å²) in [5.74, 6) is 1.03. The number of aliphatic hydroxyl groups excluding tert-OH is 1. The van der Waals surface area contributed by atoms with Crippen LogP contribution in [0, 0.1) is 5.92 Å². The maximum Gasteiger partial charge on any atom is 0.0443 e. The lowest BCUT2D eigenvalue weighted by Gasteiger charge is -2.25. The van der Waals surface area contributed by atoms with E-state index in [0.717, 1.165) is 25.4 Å². The summed E-state index contributed by atoms with van der Waals surface area (Å²) < 4.78 is 0. The Labute approximate surface area is 80.9 Å². The molecule has 0 atom stereocenters. The minimum atomic E-state index is 0.275. The Morgan fingerprint density at radius 1 is 1.08 bits per heavy atom. The normalized spacial score (nSPS) is 17.3. The van der Waals surface area contributed by atoms with Gasteiger partial charge in [-0.15, -0.1) is 0 Å². The average molecular weight is 186 g/mol. The topological polar surface area (TPSA) is 44.3 Å². The Kier molecular flexibility index (Phi) is 6.15. The lowest BCUT2D eigenvalue weighted by Crippen LogP contribution is -2.34. The van der Waals surface area contributed by atoms with Gasteiger partial charge >= 0.3 is 0 Å². The van der Waals surface area contributed by atoms with Gasteiger partial charge in [-0.05, 0) is 25.2 Å². The number of hydrogen-bond acceptors (Lipinski definition) is 3. The highest BCUT2D eigenvalue weighted by Crippen LogP contribution is 2.29. The zero-order chi connectivity index (χ0) is 9.36. The van der Waals surface area contributed by atoms with E-state index in [1.165, 1.54) is 32.1 Å². The van der Waals surface area contributed by atoms with Gasteiger partial charge in [-0.2, -0.15) is 0 Å². The van der Waals surface area contributed by atoms with E-state index < -0.39 is 0 Å². The molecule has 3 nitrogen and oxygen atoms in total. The SMILES string of the molecule is OCCCNNCCCC1CCC1. The Morgan fingerprint density at radius 3 is 2.31 bits per heavy atom. The van der Waals surface area contributed by atoms with Crippen molar-refractivity contribution in [2.45, 2.75) is 38.5 Å². The fraction of sp³-hybridized carbons (Fsp3) is 1.00. The van der Waals surface area contributed by atoms with Crippen LogP contribution in [0.2, 0.25) is 0 Å². The number of hydrazine groups is 1. The van der Waals surface area contributed by atoms with Crippen molar-refractivity contribution >= 4 is 0 Å². The maximum absolute atomic E-state index is 8.51. The molecule has 78 valence electrons. The largest absolute Gasteiger partial charge is 0.396 e. The summed E-state index contributed by atoms with van der Waals surface area (Å²) in [5, 5.41) is 8.51. The molecule has 0 aromatic heterocycles. The first-order valence-electron chi connectivity index (χ1n) is 5.50. The molecule has 1 aliphatic rings. The quantitative estimate of drug-likeness (QED) is 0.392. The minimum absolute atomic E-state index is 0.275. The monoisotopic (exact) mass is 186 g/mol. The van der Waals surface area contributed by atoms with Crippen LogP contribution >= 0.6 is 0 Å². The summed E-state index contributed by atoms with van der Waals surface area (Å²) >= 11 is 0. The van der Waals surface area contributed by atoms with Gasteiger partial charge in [-0.3, -0.25) is 10.9 Å². The van der Waals surface area contributed by atoms with Gasteiger partial charge in [0.05, 0.1) is 0 Å². The molecule has 13 heavy (non-hydrogen) atoms. The molecule has 0 aliphatic heterocycles. The fourth-order valence-electron chi connectivity index (χ4n) is 1.60. The first-order valence-corrected chi connectivity index (χ1v) is 5.50. The maximum atomic E-state index is 8.51. The molecule has 0 radical (unpaired) electrons. The van der Waals surface area contributed by atoms with Gasteiger partial charge < -0.3 is 5.11 Å². The van der Waals surface area contributed by atoms with E-state index in [-0.39, 0.29) is 6.61 Å².